The van der Waals surface area contributed by atoms with Crippen molar-refractivity contribution in [1.82, 2.24) is 5.32 Å². The van der Waals surface area contributed by atoms with E-state index in [4.69, 9.17) is 4.74 Å². The fraction of sp³-hybridized carbons (Fsp3) is 0.917. The lowest BCUT2D eigenvalue weighted by Gasteiger charge is -2.29. The minimum atomic E-state index is -0.0672. The van der Waals surface area contributed by atoms with Gasteiger partial charge < -0.3 is 10.1 Å². The van der Waals surface area contributed by atoms with Crippen molar-refractivity contribution in [2.45, 2.75) is 51.5 Å². The van der Waals surface area contributed by atoms with Crippen LogP contribution < -0.4 is 5.32 Å². The fourth-order valence-corrected chi connectivity index (χ4v) is 2.44. The van der Waals surface area contributed by atoms with Crippen LogP contribution in [0, 0.1) is 5.92 Å². The van der Waals surface area contributed by atoms with Gasteiger partial charge in [0.1, 0.15) is 0 Å². The predicted molar refractivity (Wildman–Crippen MR) is 60.7 cm³/mol. The van der Waals surface area contributed by atoms with E-state index in [1.54, 1.807) is 0 Å². The fourth-order valence-electron chi connectivity index (χ4n) is 2.44. The van der Waals surface area contributed by atoms with Crippen LogP contribution in [-0.2, 0) is 9.53 Å². The molecule has 0 aromatic carbocycles. The van der Waals surface area contributed by atoms with E-state index in [1.807, 2.05) is 14.0 Å². The number of hydrogen-bond acceptors (Lipinski definition) is 3. The van der Waals surface area contributed by atoms with Gasteiger partial charge in [-0.05, 0) is 32.7 Å². The minimum absolute atomic E-state index is 0.0672. The van der Waals surface area contributed by atoms with Gasteiger partial charge in [0.25, 0.3) is 0 Å². The maximum Gasteiger partial charge on any atom is 0.307 e. The molecular weight excluding hydrogens is 190 g/mol. The third-order valence-electron chi connectivity index (χ3n) is 3.28. The average Bonchev–Trinajstić information content (AvgIpc) is 2.27. The maximum atomic E-state index is 11.4. The summed E-state index contributed by atoms with van der Waals surface area (Å²) in [6.07, 6.45) is 7.01. The van der Waals surface area contributed by atoms with Gasteiger partial charge in [0.2, 0.25) is 0 Å². The summed E-state index contributed by atoms with van der Waals surface area (Å²) in [5, 5.41) is 3.26. The van der Waals surface area contributed by atoms with Gasteiger partial charge in [-0.3, -0.25) is 4.79 Å². The van der Waals surface area contributed by atoms with Crippen LogP contribution in [0.15, 0.2) is 0 Å². The molecule has 1 rings (SSSR count). The van der Waals surface area contributed by atoms with E-state index in [9.17, 15) is 4.79 Å². The van der Waals surface area contributed by atoms with Gasteiger partial charge in [-0.25, -0.2) is 0 Å². The van der Waals surface area contributed by atoms with Crippen LogP contribution in [0.2, 0.25) is 0 Å². The number of ether oxygens (including phenoxy) is 1. The van der Waals surface area contributed by atoms with Crippen LogP contribution in [0.3, 0.4) is 0 Å². The Hall–Kier alpha value is -0.570. The van der Waals surface area contributed by atoms with Crippen LogP contribution in [0.5, 0.6) is 0 Å². The molecule has 3 nitrogen and oxygen atoms in total. The molecule has 1 unspecified atom stereocenters. The number of carbonyl (C=O) groups is 1. The molecule has 0 bridgehead atoms. The predicted octanol–water partition coefficient (Wildman–Crippen LogP) is 2.11. The summed E-state index contributed by atoms with van der Waals surface area (Å²) < 4.78 is 4.99. The second-order valence-electron chi connectivity index (χ2n) is 4.30. The Kier molecular flexibility index (Phi) is 5.69. The van der Waals surface area contributed by atoms with Gasteiger partial charge in [0.15, 0.2) is 0 Å². The first-order valence-corrected chi connectivity index (χ1v) is 6.10. The summed E-state index contributed by atoms with van der Waals surface area (Å²) in [5.41, 5.74) is 0. The van der Waals surface area contributed by atoms with E-state index in [0.717, 1.165) is 0 Å². The number of nitrogens with one attached hydrogen (secondary N) is 1. The van der Waals surface area contributed by atoms with Crippen molar-refractivity contribution in [1.29, 1.82) is 0 Å². The molecule has 0 radical (unpaired) electrons. The molecule has 1 saturated carbocycles. The molecule has 1 fully saturated rings. The first-order valence-electron chi connectivity index (χ1n) is 6.10. The van der Waals surface area contributed by atoms with E-state index in [0.29, 0.717) is 25.0 Å². The number of hydrogen-bond donors (Lipinski definition) is 1. The summed E-state index contributed by atoms with van der Waals surface area (Å²) in [4.78, 5) is 11.4. The SMILES string of the molecule is CCOC(=O)CC(NC)C1CCCCC1. The van der Waals surface area contributed by atoms with E-state index < -0.39 is 0 Å². The largest absolute Gasteiger partial charge is 0.466 e. The molecule has 1 N–H and O–H groups in total. The molecular formula is C12H23NO2. The molecule has 0 aromatic rings. The van der Waals surface area contributed by atoms with Crippen molar-refractivity contribution in [3.8, 4) is 0 Å². The van der Waals surface area contributed by atoms with E-state index >= 15 is 0 Å². The van der Waals surface area contributed by atoms with Crippen molar-refractivity contribution in [3.05, 3.63) is 0 Å². The number of rotatable bonds is 5. The summed E-state index contributed by atoms with van der Waals surface area (Å²) in [6.45, 7) is 2.34. The first kappa shape index (κ1) is 12.5. The molecule has 3 heteroatoms. The van der Waals surface area contributed by atoms with Crippen LogP contribution in [-0.4, -0.2) is 25.7 Å². The molecule has 0 amide bonds. The average molecular weight is 213 g/mol. The Morgan fingerprint density at radius 1 is 1.40 bits per heavy atom. The summed E-state index contributed by atoms with van der Waals surface area (Å²) >= 11 is 0. The maximum absolute atomic E-state index is 11.4. The highest BCUT2D eigenvalue weighted by Gasteiger charge is 2.24. The van der Waals surface area contributed by atoms with E-state index in [2.05, 4.69) is 5.32 Å². The quantitative estimate of drug-likeness (QED) is 0.711. The van der Waals surface area contributed by atoms with E-state index in [-0.39, 0.29) is 5.97 Å². The second-order valence-corrected chi connectivity index (χ2v) is 4.30. The lowest BCUT2D eigenvalue weighted by Crippen LogP contribution is -2.37. The smallest absolute Gasteiger partial charge is 0.307 e. The van der Waals surface area contributed by atoms with Crippen LogP contribution in [0.25, 0.3) is 0 Å². The molecule has 0 aromatic heterocycles. The Balaban J connectivity index is 2.36. The topological polar surface area (TPSA) is 38.3 Å². The number of esters is 1. The Labute approximate surface area is 92.6 Å². The van der Waals surface area contributed by atoms with Crippen molar-refractivity contribution in [2.75, 3.05) is 13.7 Å². The third-order valence-corrected chi connectivity index (χ3v) is 3.28. The van der Waals surface area contributed by atoms with Crippen LogP contribution in [0.1, 0.15) is 45.4 Å². The summed E-state index contributed by atoms with van der Waals surface area (Å²) in [5.74, 6) is 0.593. The van der Waals surface area contributed by atoms with E-state index in [1.165, 1.54) is 32.1 Å². The second kappa shape index (κ2) is 6.83. The Morgan fingerprint density at radius 3 is 2.60 bits per heavy atom. The molecule has 0 aliphatic heterocycles. The van der Waals surface area contributed by atoms with Crippen molar-refractivity contribution < 1.29 is 9.53 Å². The molecule has 0 heterocycles. The summed E-state index contributed by atoms with van der Waals surface area (Å²) in [6, 6.07) is 0.310. The molecule has 88 valence electrons. The van der Waals surface area contributed by atoms with Crippen LogP contribution in [0.4, 0.5) is 0 Å². The van der Waals surface area contributed by atoms with Gasteiger partial charge in [-0.2, -0.15) is 0 Å². The minimum Gasteiger partial charge on any atom is -0.466 e. The van der Waals surface area contributed by atoms with Gasteiger partial charge >= 0.3 is 5.97 Å². The van der Waals surface area contributed by atoms with Crippen molar-refractivity contribution in [3.63, 3.8) is 0 Å². The number of carbonyl (C=O) groups excluding carboxylic acids is 1. The van der Waals surface area contributed by atoms with Gasteiger partial charge in [-0.15, -0.1) is 0 Å². The van der Waals surface area contributed by atoms with Crippen LogP contribution >= 0.6 is 0 Å². The highest BCUT2D eigenvalue weighted by Crippen LogP contribution is 2.27. The monoisotopic (exact) mass is 213 g/mol. The zero-order valence-electron chi connectivity index (χ0n) is 9.92. The molecule has 0 saturated heterocycles. The van der Waals surface area contributed by atoms with Gasteiger partial charge in [0.05, 0.1) is 13.0 Å². The van der Waals surface area contributed by atoms with Gasteiger partial charge in [-0.1, -0.05) is 19.3 Å². The van der Waals surface area contributed by atoms with Crippen molar-refractivity contribution >= 4 is 5.97 Å². The standard InChI is InChI=1S/C12H23NO2/c1-3-15-12(14)9-11(13-2)10-7-5-4-6-8-10/h10-11,13H,3-9H2,1-2H3. The molecule has 1 aliphatic carbocycles. The highest BCUT2D eigenvalue weighted by molar-refractivity contribution is 5.70. The molecule has 1 atom stereocenters. The zero-order chi connectivity index (χ0) is 11.1. The first-order chi connectivity index (χ1) is 7.27. The highest BCUT2D eigenvalue weighted by atomic mass is 16.5. The molecule has 0 spiro atoms. The lowest BCUT2D eigenvalue weighted by atomic mass is 9.83. The Bertz CT molecular complexity index is 188. The Morgan fingerprint density at radius 2 is 2.07 bits per heavy atom. The molecule has 1 aliphatic rings. The molecule has 15 heavy (non-hydrogen) atoms. The third kappa shape index (κ3) is 4.20. The van der Waals surface area contributed by atoms with Gasteiger partial charge in [0, 0.05) is 6.04 Å². The summed E-state index contributed by atoms with van der Waals surface area (Å²) in [7, 11) is 1.94. The zero-order valence-corrected chi connectivity index (χ0v) is 9.92. The normalized spacial score (nSPS) is 19.9. The lowest BCUT2D eigenvalue weighted by molar-refractivity contribution is -0.144. The van der Waals surface area contributed by atoms with Crippen molar-refractivity contribution in [2.24, 2.45) is 5.92 Å².